The fraction of sp³-hybridized carbons (Fsp3) is 0.500. The molecule has 0 unspecified atom stereocenters. The fourth-order valence-electron chi connectivity index (χ4n) is 2.00. The monoisotopic (exact) mass is 282 g/mol. The van der Waals surface area contributed by atoms with E-state index in [1.807, 2.05) is 0 Å². The van der Waals surface area contributed by atoms with E-state index in [4.69, 9.17) is 10.9 Å². The Balaban J connectivity index is 2.60. The summed E-state index contributed by atoms with van der Waals surface area (Å²) in [6, 6.07) is 4.29. The van der Waals surface area contributed by atoms with Crippen molar-refractivity contribution in [2.75, 3.05) is 26.2 Å². The molecule has 6 heteroatoms. The lowest BCUT2D eigenvalue weighted by atomic mass is 10.1. The largest absolute Gasteiger partial charge is 0.409 e. The highest BCUT2D eigenvalue weighted by molar-refractivity contribution is 5.98. The highest BCUT2D eigenvalue weighted by Gasteiger charge is 2.08. The molecule has 0 saturated heterocycles. The van der Waals surface area contributed by atoms with Gasteiger partial charge in [-0.2, -0.15) is 0 Å². The van der Waals surface area contributed by atoms with Gasteiger partial charge in [0.05, 0.1) is 0 Å². The molecule has 0 fully saturated rings. The number of hydrogen-bond acceptors (Lipinski definition) is 4. The van der Waals surface area contributed by atoms with Crippen LogP contribution in [0.4, 0.5) is 4.39 Å². The normalized spacial score (nSPS) is 12.1. The molecule has 4 N–H and O–H groups in total. The summed E-state index contributed by atoms with van der Waals surface area (Å²) >= 11 is 0. The Morgan fingerprint density at radius 3 is 2.70 bits per heavy atom. The molecule has 0 bridgehead atoms. The quantitative estimate of drug-likeness (QED) is 0.221. The van der Waals surface area contributed by atoms with Gasteiger partial charge in [0.2, 0.25) is 0 Å². The Morgan fingerprint density at radius 2 is 2.10 bits per heavy atom. The molecule has 0 heterocycles. The van der Waals surface area contributed by atoms with E-state index in [1.165, 1.54) is 12.1 Å². The average Bonchev–Trinajstić information content (AvgIpc) is 2.47. The Morgan fingerprint density at radius 1 is 1.40 bits per heavy atom. The predicted octanol–water partition coefficient (Wildman–Crippen LogP) is 1.35. The third kappa shape index (κ3) is 4.79. The van der Waals surface area contributed by atoms with Crippen LogP contribution in [0.1, 0.15) is 25.0 Å². The van der Waals surface area contributed by atoms with Crippen LogP contribution in [-0.4, -0.2) is 42.1 Å². The molecule has 0 amide bonds. The summed E-state index contributed by atoms with van der Waals surface area (Å²) in [4.78, 5) is 2.31. The molecule has 0 aliphatic carbocycles. The van der Waals surface area contributed by atoms with Crippen LogP contribution in [0.2, 0.25) is 0 Å². The van der Waals surface area contributed by atoms with Crippen molar-refractivity contribution in [2.45, 2.75) is 20.4 Å². The number of nitrogens with zero attached hydrogens (tertiary/aromatic N) is 2. The van der Waals surface area contributed by atoms with E-state index < -0.39 is 5.82 Å². The molecule has 5 nitrogen and oxygen atoms in total. The van der Waals surface area contributed by atoms with Gasteiger partial charge in [0, 0.05) is 25.2 Å². The lowest BCUT2D eigenvalue weighted by Crippen LogP contribution is -2.32. The van der Waals surface area contributed by atoms with Gasteiger partial charge in [-0.05, 0) is 30.8 Å². The number of oxime groups is 1. The van der Waals surface area contributed by atoms with E-state index in [0.29, 0.717) is 12.1 Å². The molecule has 0 saturated carbocycles. The second-order valence-corrected chi connectivity index (χ2v) is 4.49. The van der Waals surface area contributed by atoms with E-state index in [2.05, 4.69) is 29.2 Å². The standard InChI is InChI=1S/C14H23FN4O/c1-3-19(4-2)8-7-17-10-11-5-6-12(15)9-13(11)14(16)18-20/h5-6,9,17,20H,3-4,7-8,10H2,1-2H3,(H2,16,18). The summed E-state index contributed by atoms with van der Waals surface area (Å²) in [5, 5.41) is 14.9. The van der Waals surface area contributed by atoms with Crippen LogP contribution in [0.25, 0.3) is 0 Å². The first kappa shape index (κ1) is 16.4. The Labute approximate surface area is 119 Å². The summed E-state index contributed by atoms with van der Waals surface area (Å²) < 4.78 is 13.2. The SMILES string of the molecule is CCN(CC)CCNCc1ccc(F)cc1C(N)=NO. The zero-order chi connectivity index (χ0) is 15.0. The first-order chi connectivity index (χ1) is 9.62. The minimum atomic E-state index is -0.404. The van der Waals surface area contributed by atoms with Crippen molar-refractivity contribution in [1.29, 1.82) is 0 Å². The predicted molar refractivity (Wildman–Crippen MR) is 78.4 cm³/mol. The zero-order valence-corrected chi connectivity index (χ0v) is 12.1. The van der Waals surface area contributed by atoms with Gasteiger partial charge in [-0.1, -0.05) is 25.1 Å². The summed E-state index contributed by atoms with van der Waals surface area (Å²) in [7, 11) is 0. The lowest BCUT2D eigenvalue weighted by molar-refractivity contribution is 0.302. The Hall–Kier alpha value is -1.66. The first-order valence-electron chi connectivity index (χ1n) is 6.81. The summed E-state index contributed by atoms with van der Waals surface area (Å²) in [6.07, 6.45) is 0. The molecule has 0 atom stereocenters. The molecule has 1 aromatic carbocycles. The summed E-state index contributed by atoms with van der Waals surface area (Å²) in [6.45, 7) is 8.61. The highest BCUT2D eigenvalue weighted by Crippen LogP contribution is 2.11. The van der Waals surface area contributed by atoms with Crippen molar-refractivity contribution in [2.24, 2.45) is 10.9 Å². The van der Waals surface area contributed by atoms with Crippen molar-refractivity contribution in [3.63, 3.8) is 0 Å². The van der Waals surface area contributed by atoms with Gasteiger partial charge in [0.15, 0.2) is 5.84 Å². The van der Waals surface area contributed by atoms with Gasteiger partial charge in [-0.15, -0.1) is 0 Å². The number of nitrogens with two attached hydrogens (primary N) is 1. The number of rotatable bonds is 8. The summed E-state index contributed by atoms with van der Waals surface area (Å²) in [5.41, 5.74) is 6.78. The van der Waals surface area contributed by atoms with E-state index in [1.54, 1.807) is 6.07 Å². The number of nitrogens with one attached hydrogen (secondary N) is 1. The van der Waals surface area contributed by atoms with Crippen molar-refractivity contribution in [3.05, 3.63) is 35.1 Å². The average molecular weight is 282 g/mol. The van der Waals surface area contributed by atoms with E-state index in [9.17, 15) is 4.39 Å². The van der Waals surface area contributed by atoms with E-state index >= 15 is 0 Å². The maximum absolute atomic E-state index is 13.2. The van der Waals surface area contributed by atoms with Crippen molar-refractivity contribution in [3.8, 4) is 0 Å². The minimum absolute atomic E-state index is 0.0787. The fourth-order valence-corrected chi connectivity index (χ4v) is 2.00. The number of amidine groups is 1. The van der Waals surface area contributed by atoms with Crippen molar-refractivity contribution < 1.29 is 9.60 Å². The van der Waals surface area contributed by atoms with E-state index in [-0.39, 0.29) is 5.84 Å². The number of benzene rings is 1. The van der Waals surface area contributed by atoms with Gasteiger partial charge in [-0.3, -0.25) is 0 Å². The van der Waals surface area contributed by atoms with Crippen LogP contribution in [-0.2, 0) is 6.54 Å². The molecule has 20 heavy (non-hydrogen) atoms. The van der Waals surface area contributed by atoms with Gasteiger partial charge >= 0.3 is 0 Å². The first-order valence-corrected chi connectivity index (χ1v) is 6.81. The number of hydrogen-bond donors (Lipinski definition) is 3. The van der Waals surface area contributed by atoms with Crippen molar-refractivity contribution in [1.82, 2.24) is 10.2 Å². The van der Waals surface area contributed by atoms with Crippen molar-refractivity contribution >= 4 is 5.84 Å². The third-order valence-electron chi connectivity index (χ3n) is 3.27. The Kier molecular flexibility index (Phi) is 6.97. The topological polar surface area (TPSA) is 73.9 Å². The molecule has 112 valence electrons. The maximum Gasteiger partial charge on any atom is 0.170 e. The highest BCUT2D eigenvalue weighted by atomic mass is 19.1. The number of likely N-dealkylation sites (N-methyl/N-ethyl adjacent to an activating group) is 1. The molecule has 1 aromatic rings. The van der Waals surface area contributed by atoms with Gasteiger partial charge < -0.3 is 21.2 Å². The van der Waals surface area contributed by atoms with Gasteiger partial charge in [0.25, 0.3) is 0 Å². The molecule has 0 radical (unpaired) electrons. The number of halogens is 1. The molecular weight excluding hydrogens is 259 g/mol. The summed E-state index contributed by atoms with van der Waals surface area (Å²) in [5.74, 6) is -0.483. The van der Waals surface area contributed by atoms with Crippen LogP contribution in [0.15, 0.2) is 23.4 Å². The maximum atomic E-state index is 13.2. The molecule has 0 spiro atoms. The third-order valence-corrected chi connectivity index (χ3v) is 3.27. The van der Waals surface area contributed by atoms with Crippen LogP contribution in [0, 0.1) is 5.82 Å². The van der Waals surface area contributed by atoms with Crippen LogP contribution in [0.3, 0.4) is 0 Å². The van der Waals surface area contributed by atoms with Crippen LogP contribution < -0.4 is 11.1 Å². The zero-order valence-electron chi connectivity index (χ0n) is 12.1. The van der Waals surface area contributed by atoms with Crippen LogP contribution in [0.5, 0.6) is 0 Å². The molecule has 0 aliphatic rings. The smallest absolute Gasteiger partial charge is 0.170 e. The molecule has 0 aliphatic heterocycles. The Bertz CT molecular complexity index is 447. The van der Waals surface area contributed by atoms with Gasteiger partial charge in [0.1, 0.15) is 5.82 Å². The molecule has 1 rings (SSSR count). The molecule has 0 aromatic heterocycles. The molecular formula is C14H23FN4O. The second kappa shape index (κ2) is 8.50. The minimum Gasteiger partial charge on any atom is -0.409 e. The van der Waals surface area contributed by atoms with Gasteiger partial charge in [-0.25, -0.2) is 4.39 Å². The van der Waals surface area contributed by atoms with Crippen LogP contribution >= 0.6 is 0 Å². The lowest BCUT2D eigenvalue weighted by Gasteiger charge is -2.18. The second-order valence-electron chi connectivity index (χ2n) is 4.49. The van der Waals surface area contributed by atoms with E-state index in [0.717, 1.165) is 31.7 Å².